The highest BCUT2D eigenvalue weighted by atomic mass is 35.5. The largest absolute Gasteiger partial charge is 0.490 e. The van der Waals surface area contributed by atoms with Gasteiger partial charge in [-0.3, -0.25) is 0 Å². The molecule has 0 bridgehead atoms. The second kappa shape index (κ2) is 6.42. The van der Waals surface area contributed by atoms with E-state index in [0.717, 1.165) is 0 Å². The van der Waals surface area contributed by atoms with Crippen LogP contribution in [0.1, 0.15) is 6.92 Å². The maximum atomic E-state index is 8.59. The molecular weight excluding hydrogens is 238 g/mol. The number of benzene rings is 1. The summed E-state index contributed by atoms with van der Waals surface area (Å²) in [6.45, 7) is 2.32. The van der Waals surface area contributed by atoms with Gasteiger partial charge in [-0.1, -0.05) is 17.7 Å². The smallest absolute Gasteiger partial charge is 0.161 e. The summed E-state index contributed by atoms with van der Waals surface area (Å²) in [6, 6.07) is 8.71. The van der Waals surface area contributed by atoms with Gasteiger partial charge in [0.15, 0.2) is 5.75 Å². The first kappa shape index (κ1) is 12.9. The summed E-state index contributed by atoms with van der Waals surface area (Å²) in [5.74, 6) is 0.503. The summed E-state index contributed by atoms with van der Waals surface area (Å²) in [7, 11) is 0. The molecule has 0 fully saturated rings. The molecule has 0 saturated heterocycles. The van der Waals surface area contributed by atoms with Crippen LogP contribution in [0.4, 0.5) is 5.69 Å². The van der Waals surface area contributed by atoms with E-state index in [9.17, 15) is 0 Å². The molecule has 4 nitrogen and oxygen atoms in total. The molecular formula is C12H10ClN3O. The van der Waals surface area contributed by atoms with Gasteiger partial charge in [-0.2, -0.15) is 10.5 Å². The minimum Gasteiger partial charge on any atom is -0.490 e. The quantitative estimate of drug-likeness (QED) is 0.830. The summed E-state index contributed by atoms with van der Waals surface area (Å²) in [5.41, 5.74) is 0.592. The molecule has 0 aliphatic carbocycles. The minimum absolute atomic E-state index is 0.0209. The maximum Gasteiger partial charge on any atom is 0.161 e. The Bertz CT molecular complexity index is 495. The molecule has 0 saturated carbocycles. The zero-order chi connectivity index (χ0) is 12.7. The van der Waals surface area contributed by atoms with Crippen LogP contribution in [0.5, 0.6) is 5.75 Å². The van der Waals surface area contributed by atoms with Crippen LogP contribution in [0.25, 0.3) is 0 Å². The second-order valence-electron chi connectivity index (χ2n) is 2.98. The van der Waals surface area contributed by atoms with Gasteiger partial charge in [0, 0.05) is 6.20 Å². The number of anilines is 1. The van der Waals surface area contributed by atoms with E-state index < -0.39 is 0 Å². The molecule has 0 heterocycles. The average molecular weight is 248 g/mol. The number of nitrogens with zero attached hydrogens (tertiary/aromatic N) is 2. The van der Waals surface area contributed by atoms with Gasteiger partial charge >= 0.3 is 0 Å². The molecule has 0 aliphatic heterocycles. The van der Waals surface area contributed by atoms with E-state index in [1.165, 1.54) is 6.20 Å². The third kappa shape index (κ3) is 3.41. The number of halogens is 1. The SMILES string of the molecule is CCOc1c(Cl)cccc1NC=C(C#N)C#N. The molecule has 1 aromatic rings. The molecule has 5 heteroatoms. The van der Waals surface area contributed by atoms with Crippen molar-refractivity contribution in [1.29, 1.82) is 10.5 Å². The number of nitriles is 2. The molecule has 0 aromatic heterocycles. The molecule has 0 aliphatic rings. The van der Waals surface area contributed by atoms with Crippen molar-refractivity contribution < 1.29 is 4.74 Å². The van der Waals surface area contributed by atoms with E-state index in [4.69, 9.17) is 26.9 Å². The van der Waals surface area contributed by atoms with Crippen LogP contribution in [0, 0.1) is 22.7 Å². The number of para-hydroxylation sites is 1. The molecule has 1 aromatic carbocycles. The fourth-order valence-electron chi connectivity index (χ4n) is 1.15. The lowest BCUT2D eigenvalue weighted by molar-refractivity contribution is 0.342. The van der Waals surface area contributed by atoms with Crippen LogP contribution in [0.2, 0.25) is 5.02 Å². The highest BCUT2D eigenvalue weighted by Gasteiger charge is 2.06. The first-order valence-electron chi connectivity index (χ1n) is 4.91. The van der Waals surface area contributed by atoms with Gasteiger partial charge in [-0.15, -0.1) is 0 Å². The van der Waals surface area contributed by atoms with Crippen molar-refractivity contribution in [2.75, 3.05) is 11.9 Å². The zero-order valence-electron chi connectivity index (χ0n) is 9.20. The molecule has 0 radical (unpaired) electrons. The topological polar surface area (TPSA) is 68.8 Å². The predicted molar refractivity (Wildman–Crippen MR) is 65.6 cm³/mol. The Kier molecular flexibility index (Phi) is 4.87. The Labute approximate surface area is 105 Å². The Morgan fingerprint density at radius 2 is 2.18 bits per heavy atom. The Morgan fingerprint density at radius 1 is 1.47 bits per heavy atom. The van der Waals surface area contributed by atoms with Crippen LogP contribution in [-0.2, 0) is 0 Å². The third-order valence-electron chi connectivity index (χ3n) is 1.87. The number of hydrogen-bond acceptors (Lipinski definition) is 4. The number of ether oxygens (including phenoxy) is 1. The molecule has 1 N–H and O–H groups in total. The van der Waals surface area contributed by atoms with Crippen molar-refractivity contribution in [1.82, 2.24) is 0 Å². The predicted octanol–water partition coefficient (Wildman–Crippen LogP) is 3.08. The van der Waals surface area contributed by atoms with Crippen molar-refractivity contribution in [2.45, 2.75) is 6.92 Å². The third-order valence-corrected chi connectivity index (χ3v) is 2.17. The van der Waals surface area contributed by atoms with Crippen molar-refractivity contribution in [2.24, 2.45) is 0 Å². The lowest BCUT2D eigenvalue weighted by Crippen LogP contribution is -1.98. The number of hydrogen-bond donors (Lipinski definition) is 1. The van der Waals surface area contributed by atoms with Crippen LogP contribution < -0.4 is 10.1 Å². The van der Waals surface area contributed by atoms with Crippen LogP contribution in [-0.4, -0.2) is 6.61 Å². The average Bonchev–Trinajstić information content (AvgIpc) is 2.34. The highest BCUT2D eigenvalue weighted by molar-refractivity contribution is 6.32. The minimum atomic E-state index is -0.0209. The van der Waals surface area contributed by atoms with Gasteiger partial charge in [0.25, 0.3) is 0 Å². The molecule has 0 spiro atoms. The number of nitrogens with one attached hydrogen (secondary N) is 1. The first-order chi connectivity index (χ1) is 8.22. The normalized spacial score (nSPS) is 8.71. The van der Waals surface area contributed by atoms with Gasteiger partial charge in [0.1, 0.15) is 17.7 Å². The lowest BCUT2D eigenvalue weighted by Gasteiger charge is -2.11. The number of allylic oxidation sites excluding steroid dienone is 1. The Balaban J connectivity index is 3.00. The van der Waals surface area contributed by atoms with Gasteiger partial charge in [-0.05, 0) is 19.1 Å². The van der Waals surface area contributed by atoms with E-state index in [1.807, 2.05) is 6.92 Å². The maximum absolute atomic E-state index is 8.59. The highest BCUT2D eigenvalue weighted by Crippen LogP contribution is 2.32. The van der Waals surface area contributed by atoms with Crippen LogP contribution in [0.3, 0.4) is 0 Å². The van der Waals surface area contributed by atoms with E-state index in [2.05, 4.69) is 5.32 Å². The summed E-state index contributed by atoms with van der Waals surface area (Å²) >= 11 is 5.98. The summed E-state index contributed by atoms with van der Waals surface area (Å²) in [6.07, 6.45) is 1.31. The first-order valence-corrected chi connectivity index (χ1v) is 5.29. The molecule has 0 atom stereocenters. The van der Waals surface area contributed by atoms with Crippen molar-refractivity contribution in [3.63, 3.8) is 0 Å². The standard InChI is InChI=1S/C12H10ClN3O/c1-2-17-12-10(13)4-3-5-11(12)16-8-9(6-14)7-15/h3-5,8,16H,2H2,1H3. The van der Waals surface area contributed by atoms with Crippen LogP contribution in [0.15, 0.2) is 30.0 Å². The summed E-state index contributed by atoms with van der Waals surface area (Å²) in [4.78, 5) is 0. The molecule has 0 unspecified atom stereocenters. The summed E-state index contributed by atoms with van der Waals surface area (Å²) < 4.78 is 5.38. The van der Waals surface area contributed by atoms with Crippen molar-refractivity contribution >= 4 is 17.3 Å². The molecule has 1 rings (SSSR count). The van der Waals surface area contributed by atoms with E-state index in [1.54, 1.807) is 30.3 Å². The second-order valence-corrected chi connectivity index (χ2v) is 3.38. The zero-order valence-corrected chi connectivity index (χ0v) is 9.95. The van der Waals surface area contributed by atoms with E-state index >= 15 is 0 Å². The number of rotatable bonds is 4. The van der Waals surface area contributed by atoms with Crippen molar-refractivity contribution in [3.05, 3.63) is 35.0 Å². The van der Waals surface area contributed by atoms with Crippen molar-refractivity contribution in [3.8, 4) is 17.9 Å². The summed E-state index contributed by atoms with van der Waals surface area (Å²) in [5, 5.41) is 20.5. The van der Waals surface area contributed by atoms with E-state index in [0.29, 0.717) is 23.1 Å². The molecule has 86 valence electrons. The monoisotopic (exact) mass is 247 g/mol. The van der Waals surface area contributed by atoms with Crippen LogP contribution >= 0.6 is 11.6 Å². The lowest BCUT2D eigenvalue weighted by atomic mass is 10.3. The molecule has 0 amide bonds. The van der Waals surface area contributed by atoms with Gasteiger partial charge in [0.05, 0.1) is 17.3 Å². The fourth-order valence-corrected chi connectivity index (χ4v) is 1.38. The van der Waals surface area contributed by atoms with E-state index in [-0.39, 0.29) is 5.57 Å². The fraction of sp³-hybridized carbons (Fsp3) is 0.167. The molecule has 17 heavy (non-hydrogen) atoms. The van der Waals surface area contributed by atoms with Gasteiger partial charge < -0.3 is 10.1 Å². The van der Waals surface area contributed by atoms with Gasteiger partial charge in [0.2, 0.25) is 0 Å². The van der Waals surface area contributed by atoms with Gasteiger partial charge in [-0.25, -0.2) is 0 Å². The Hall–Kier alpha value is -2.17. The Morgan fingerprint density at radius 3 is 2.76 bits per heavy atom.